The van der Waals surface area contributed by atoms with Crippen LogP contribution in [0.2, 0.25) is 0 Å². The van der Waals surface area contributed by atoms with E-state index in [0.717, 1.165) is 0 Å². The van der Waals surface area contributed by atoms with Crippen molar-refractivity contribution in [1.82, 2.24) is 14.7 Å². The van der Waals surface area contributed by atoms with E-state index in [0.29, 0.717) is 23.9 Å². The maximum Gasteiger partial charge on any atom is 0.275 e. The van der Waals surface area contributed by atoms with E-state index in [1.165, 1.54) is 4.68 Å². The van der Waals surface area contributed by atoms with Crippen molar-refractivity contribution in [2.45, 2.75) is 19.9 Å². The van der Waals surface area contributed by atoms with Crippen LogP contribution in [-0.2, 0) is 0 Å². The van der Waals surface area contributed by atoms with Gasteiger partial charge in [0.2, 0.25) is 0 Å². The third kappa shape index (κ3) is 3.23. The minimum absolute atomic E-state index is 0.133. The van der Waals surface area contributed by atoms with Gasteiger partial charge in [0, 0.05) is 18.5 Å². The van der Waals surface area contributed by atoms with Crippen molar-refractivity contribution in [3.63, 3.8) is 0 Å². The first-order valence-electron chi connectivity index (χ1n) is 7.53. The molecule has 2 rings (SSSR count). The van der Waals surface area contributed by atoms with Crippen LogP contribution < -0.4 is 5.56 Å². The molecule has 0 aliphatic heterocycles. The number of aromatic nitrogens is 2. The molecule has 0 saturated heterocycles. The van der Waals surface area contributed by atoms with Gasteiger partial charge in [-0.05, 0) is 19.9 Å². The highest BCUT2D eigenvalue weighted by Crippen LogP contribution is 2.16. The lowest BCUT2D eigenvalue weighted by Crippen LogP contribution is -2.35. The summed E-state index contributed by atoms with van der Waals surface area (Å²) in [4.78, 5) is 27.0. The fraction of sp³-hybridized carbons (Fsp3) is 0.278. The number of hydrogen-bond acceptors (Lipinski definition) is 3. The molecule has 0 spiro atoms. The Bertz CT molecular complexity index is 796. The van der Waals surface area contributed by atoms with E-state index in [2.05, 4.69) is 18.3 Å². The van der Waals surface area contributed by atoms with Gasteiger partial charge in [0.15, 0.2) is 5.69 Å². The number of carbonyl (C=O) groups is 1. The van der Waals surface area contributed by atoms with Crippen molar-refractivity contribution in [2.24, 2.45) is 0 Å². The zero-order chi connectivity index (χ0) is 17.0. The van der Waals surface area contributed by atoms with E-state index in [1.54, 1.807) is 41.3 Å². The number of benzene rings is 1. The Hall–Kier alpha value is -2.69. The van der Waals surface area contributed by atoms with Crippen molar-refractivity contribution in [1.29, 1.82) is 0 Å². The van der Waals surface area contributed by atoms with Crippen LogP contribution in [0.5, 0.6) is 0 Å². The summed E-state index contributed by atoms with van der Waals surface area (Å²) in [5.41, 5.74) is 0.0868. The summed E-state index contributed by atoms with van der Waals surface area (Å²) < 4.78 is 1.36. The van der Waals surface area contributed by atoms with E-state index in [1.807, 2.05) is 13.8 Å². The van der Waals surface area contributed by atoms with Gasteiger partial charge in [0.25, 0.3) is 11.5 Å². The van der Waals surface area contributed by atoms with Crippen molar-refractivity contribution in [2.75, 3.05) is 13.1 Å². The van der Waals surface area contributed by atoms with Gasteiger partial charge in [-0.3, -0.25) is 9.59 Å². The highest BCUT2D eigenvalue weighted by molar-refractivity contribution is 6.04. The van der Waals surface area contributed by atoms with Crippen LogP contribution in [0, 0.1) is 0 Å². The van der Waals surface area contributed by atoms with E-state index >= 15 is 0 Å². The third-order valence-corrected chi connectivity index (χ3v) is 3.51. The molecule has 0 aliphatic rings. The number of fused-ring (bicyclic) bond motifs is 1. The van der Waals surface area contributed by atoms with Crippen LogP contribution in [0.25, 0.3) is 10.8 Å². The van der Waals surface area contributed by atoms with Crippen molar-refractivity contribution < 1.29 is 4.79 Å². The Labute approximate surface area is 135 Å². The summed E-state index contributed by atoms with van der Waals surface area (Å²) in [5.74, 6) is -0.240. The Morgan fingerprint density at radius 2 is 1.78 bits per heavy atom. The molecule has 5 nitrogen and oxygen atoms in total. The first-order chi connectivity index (χ1) is 11.0. The highest BCUT2D eigenvalue weighted by atomic mass is 16.2. The third-order valence-electron chi connectivity index (χ3n) is 3.51. The van der Waals surface area contributed by atoms with E-state index in [-0.39, 0.29) is 23.2 Å². The smallest absolute Gasteiger partial charge is 0.275 e. The highest BCUT2D eigenvalue weighted by Gasteiger charge is 2.21. The summed E-state index contributed by atoms with van der Waals surface area (Å²) in [5, 5.41) is 5.39. The zero-order valence-electron chi connectivity index (χ0n) is 13.5. The summed E-state index contributed by atoms with van der Waals surface area (Å²) >= 11 is 0. The van der Waals surface area contributed by atoms with Crippen LogP contribution in [0.3, 0.4) is 0 Å². The molecule has 120 valence electrons. The van der Waals surface area contributed by atoms with Gasteiger partial charge in [0.1, 0.15) is 0 Å². The molecule has 1 aromatic heterocycles. The summed E-state index contributed by atoms with van der Waals surface area (Å²) in [6, 6.07) is 6.92. The number of amides is 1. The van der Waals surface area contributed by atoms with Crippen molar-refractivity contribution in [3.05, 3.63) is 65.6 Å². The molecule has 1 heterocycles. The molecule has 0 bridgehead atoms. The normalized spacial score (nSPS) is 10.7. The molecule has 0 unspecified atom stereocenters. The predicted molar refractivity (Wildman–Crippen MR) is 92.7 cm³/mol. The fourth-order valence-corrected chi connectivity index (χ4v) is 2.42. The van der Waals surface area contributed by atoms with Crippen molar-refractivity contribution in [3.8, 4) is 0 Å². The fourth-order valence-electron chi connectivity index (χ4n) is 2.42. The van der Waals surface area contributed by atoms with Gasteiger partial charge in [-0.15, -0.1) is 13.2 Å². The molecule has 23 heavy (non-hydrogen) atoms. The molecular weight excluding hydrogens is 290 g/mol. The number of hydrogen-bond donors (Lipinski definition) is 0. The average molecular weight is 311 g/mol. The molecule has 0 aliphatic carbocycles. The molecule has 0 radical (unpaired) electrons. The quantitative estimate of drug-likeness (QED) is 0.771. The zero-order valence-corrected chi connectivity index (χ0v) is 13.5. The number of carbonyl (C=O) groups excluding carboxylic acids is 1. The minimum atomic E-state index is -0.240. The molecule has 0 N–H and O–H groups in total. The standard InChI is InChI=1S/C18H21N3O2/c1-5-11-20(12-6-2)18(23)16-14-9-7-8-10-15(14)17(22)21(19-16)13(3)4/h5-10,13H,1-2,11-12H2,3-4H3. The van der Waals surface area contributed by atoms with Gasteiger partial charge in [-0.2, -0.15) is 5.10 Å². The van der Waals surface area contributed by atoms with E-state index in [9.17, 15) is 9.59 Å². The molecule has 2 aromatic rings. The van der Waals surface area contributed by atoms with Crippen LogP contribution in [0.1, 0.15) is 30.4 Å². The maximum atomic E-state index is 12.9. The second-order valence-electron chi connectivity index (χ2n) is 5.53. The maximum absolute atomic E-state index is 12.9. The van der Waals surface area contributed by atoms with E-state index in [4.69, 9.17) is 0 Å². The monoisotopic (exact) mass is 311 g/mol. The topological polar surface area (TPSA) is 55.2 Å². The second kappa shape index (κ2) is 7.05. The lowest BCUT2D eigenvalue weighted by molar-refractivity contribution is 0.0784. The molecule has 0 saturated carbocycles. The van der Waals surface area contributed by atoms with Crippen LogP contribution in [0.15, 0.2) is 54.4 Å². The molecule has 1 aromatic carbocycles. The molecule has 5 heteroatoms. The average Bonchev–Trinajstić information content (AvgIpc) is 2.54. The van der Waals surface area contributed by atoms with Gasteiger partial charge in [0.05, 0.1) is 11.4 Å². The van der Waals surface area contributed by atoms with Gasteiger partial charge in [-0.25, -0.2) is 4.68 Å². The Balaban J connectivity index is 2.70. The Morgan fingerprint density at radius 1 is 1.22 bits per heavy atom. The SMILES string of the molecule is C=CCN(CC=C)C(=O)c1nn(C(C)C)c(=O)c2ccccc12. The Morgan fingerprint density at radius 3 is 2.30 bits per heavy atom. The van der Waals surface area contributed by atoms with Gasteiger partial charge >= 0.3 is 0 Å². The summed E-state index contributed by atoms with van der Waals surface area (Å²) in [7, 11) is 0. The number of nitrogens with zero attached hydrogens (tertiary/aromatic N) is 3. The van der Waals surface area contributed by atoms with E-state index < -0.39 is 0 Å². The van der Waals surface area contributed by atoms with Gasteiger partial charge < -0.3 is 4.90 Å². The lowest BCUT2D eigenvalue weighted by Gasteiger charge is -2.20. The molecule has 0 atom stereocenters. The van der Waals surface area contributed by atoms with Crippen LogP contribution in [0.4, 0.5) is 0 Å². The molecule has 1 amide bonds. The van der Waals surface area contributed by atoms with Crippen molar-refractivity contribution >= 4 is 16.7 Å². The van der Waals surface area contributed by atoms with Crippen LogP contribution >= 0.6 is 0 Å². The summed E-state index contributed by atoms with van der Waals surface area (Å²) in [6.07, 6.45) is 3.31. The number of rotatable bonds is 6. The molecular formula is C18H21N3O2. The lowest BCUT2D eigenvalue weighted by atomic mass is 10.1. The van der Waals surface area contributed by atoms with Crippen LogP contribution in [-0.4, -0.2) is 33.7 Å². The predicted octanol–water partition coefficient (Wildman–Crippen LogP) is 2.79. The second-order valence-corrected chi connectivity index (χ2v) is 5.53. The van der Waals surface area contributed by atoms with Gasteiger partial charge in [-0.1, -0.05) is 30.4 Å². The molecule has 0 fully saturated rings. The Kier molecular flexibility index (Phi) is 5.11. The minimum Gasteiger partial charge on any atom is -0.330 e. The first kappa shape index (κ1) is 16.7. The summed E-state index contributed by atoms with van der Waals surface area (Å²) in [6.45, 7) is 11.9. The first-order valence-corrected chi connectivity index (χ1v) is 7.53. The largest absolute Gasteiger partial charge is 0.330 e.